The van der Waals surface area contributed by atoms with E-state index in [1.54, 1.807) is 0 Å². The van der Waals surface area contributed by atoms with E-state index in [0.717, 1.165) is 85.4 Å². The molecule has 340 valence electrons. The molecule has 0 bridgehead atoms. The van der Waals surface area contributed by atoms with Crippen molar-refractivity contribution in [1.82, 2.24) is 4.57 Å². The van der Waals surface area contributed by atoms with E-state index < -0.39 is 0 Å². The van der Waals surface area contributed by atoms with Crippen molar-refractivity contribution in [2.24, 2.45) is 15.9 Å². The normalized spacial score (nSPS) is 15.5. The molecule has 4 nitrogen and oxygen atoms in total. The number of rotatable bonds is 8. The van der Waals surface area contributed by atoms with Gasteiger partial charge in [-0.25, -0.2) is 9.98 Å². The lowest BCUT2D eigenvalue weighted by molar-refractivity contribution is 0.666. The van der Waals surface area contributed by atoms with E-state index in [2.05, 4.69) is 244 Å². The SMILES string of the molecule is CCC(C1=N/C(c2cccc(-c3ccccc3)c2)=C/CC(C)C(c2c(-n3c4cc5ccccc5cc4c4cc5ccccc5cc43)ccc3c2oc2ccccc23)=N1)c1ccccc1-c1ccccc1C. The van der Waals surface area contributed by atoms with E-state index >= 15 is 0 Å². The fourth-order valence-corrected chi connectivity index (χ4v) is 11.3. The number of para-hydroxylation sites is 1. The van der Waals surface area contributed by atoms with Crippen LogP contribution < -0.4 is 0 Å². The minimum absolute atomic E-state index is 0.0377. The van der Waals surface area contributed by atoms with Gasteiger partial charge in [-0.05, 0) is 123 Å². The number of hydrogen-bond donors (Lipinski definition) is 0. The molecule has 0 aliphatic carbocycles. The smallest absolute Gasteiger partial charge is 0.146 e. The summed E-state index contributed by atoms with van der Waals surface area (Å²) in [5, 5.41) is 9.38. The summed E-state index contributed by atoms with van der Waals surface area (Å²) < 4.78 is 9.64. The number of amidine groups is 1. The third-order valence-electron chi connectivity index (χ3n) is 14.9. The lowest BCUT2D eigenvalue weighted by atomic mass is 9.85. The number of fused-ring (bicyclic) bond motifs is 8. The minimum Gasteiger partial charge on any atom is -0.455 e. The highest BCUT2D eigenvalue weighted by atomic mass is 16.3. The van der Waals surface area contributed by atoms with Gasteiger partial charge in [-0.3, -0.25) is 0 Å². The Morgan fingerprint density at radius 2 is 1.14 bits per heavy atom. The number of benzene rings is 10. The largest absolute Gasteiger partial charge is 0.455 e. The van der Waals surface area contributed by atoms with Crippen LogP contribution in [0.3, 0.4) is 0 Å². The molecule has 2 unspecified atom stereocenters. The van der Waals surface area contributed by atoms with Crippen LogP contribution >= 0.6 is 0 Å². The summed E-state index contributed by atoms with van der Waals surface area (Å²) in [6.45, 7) is 6.81. The van der Waals surface area contributed by atoms with Gasteiger partial charge < -0.3 is 8.98 Å². The van der Waals surface area contributed by atoms with Crippen molar-refractivity contribution in [2.45, 2.75) is 39.5 Å². The molecule has 3 heterocycles. The molecule has 2 atom stereocenters. The summed E-state index contributed by atoms with van der Waals surface area (Å²) >= 11 is 0. The predicted molar refractivity (Wildman–Crippen MR) is 300 cm³/mol. The average molecular weight is 914 g/mol. The van der Waals surface area contributed by atoms with E-state index in [-0.39, 0.29) is 11.8 Å². The highest BCUT2D eigenvalue weighted by Crippen LogP contribution is 2.43. The van der Waals surface area contributed by atoms with Crippen LogP contribution in [-0.4, -0.2) is 16.1 Å². The van der Waals surface area contributed by atoms with Gasteiger partial charge >= 0.3 is 0 Å². The maximum absolute atomic E-state index is 7.15. The first kappa shape index (κ1) is 42.5. The topological polar surface area (TPSA) is 42.8 Å². The highest BCUT2D eigenvalue weighted by Gasteiger charge is 2.30. The zero-order valence-electron chi connectivity index (χ0n) is 40.1. The third-order valence-corrected chi connectivity index (χ3v) is 14.9. The van der Waals surface area contributed by atoms with Gasteiger partial charge in [0.2, 0.25) is 0 Å². The Bertz CT molecular complexity index is 4070. The van der Waals surface area contributed by atoms with E-state index in [1.807, 2.05) is 0 Å². The van der Waals surface area contributed by atoms with Crippen LogP contribution in [0.5, 0.6) is 0 Å². The summed E-state index contributed by atoms with van der Waals surface area (Å²) in [4.78, 5) is 11.8. The maximum Gasteiger partial charge on any atom is 0.146 e. The third kappa shape index (κ3) is 7.29. The molecule has 2 aromatic heterocycles. The number of nitrogens with zero attached hydrogens (tertiary/aromatic N) is 3. The van der Waals surface area contributed by atoms with E-state index in [0.29, 0.717) is 0 Å². The molecule has 13 rings (SSSR count). The second-order valence-electron chi connectivity index (χ2n) is 19.2. The summed E-state index contributed by atoms with van der Waals surface area (Å²) in [6, 6.07) is 76.9. The van der Waals surface area contributed by atoms with Gasteiger partial charge in [-0.15, -0.1) is 0 Å². The van der Waals surface area contributed by atoms with Crippen LogP contribution in [0.25, 0.3) is 98.9 Å². The Balaban J connectivity index is 1.12. The molecule has 0 spiro atoms. The molecule has 0 fully saturated rings. The van der Waals surface area contributed by atoms with Gasteiger partial charge in [0.05, 0.1) is 33.7 Å². The van der Waals surface area contributed by atoms with Crippen LogP contribution in [0.4, 0.5) is 0 Å². The number of furan rings is 1. The van der Waals surface area contributed by atoms with E-state index in [1.165, 1.54) is 60.1 Å². The maximum atomic E-state index is 7.15. The van der Waals surface area contributed by atoms with E-state index in [4.69, 9.17) is 14.4 Å². The highest BCUT2D eigenvalue weighted by molar-refractivity contribution is 6.23. The monoisotopic (exact) mass is 913 g/mol. The lowest BCUT2D eigenvalue weighted by Crippen LogP contribution is -2.22. The first-order valence-electron chi connectivity index (χ1n) is 25.0. The van der Waals surface area contributed by atoms with Crippen molar-refractivity contribution in [3.8, 4) is 27.9 Å². The molecular weight excluding hydrogens is 863 g/mol. The summed E-state index contributed by atoms with van der Waals surface area (Å²) in [5.41, 5.74) is 16.1. The molecule has 0 amide bonds. The predicted octanol–water partition coefficient (Wildman–Crippen LogP) is 18.1. The van der Waals surface area contributed by atoms with Crippen LogP contribution in [0.1, 0.15) is 54.9 Å². The Labute approximate surface area is 413 Å². The van der Waals surface area contributed by atoms with Crippen molar-refractivity contribution in [1.29, 1.82) is 0 Å². The number of aromatic nitrogens is 1. The number of aliphatic imine (C=N–C) groups is 2. The Hall–Kier alpha value is -8.60. The molecule has 0 radical (unpaired) electrons. The second-order valence-corrected chi connectivity index (χ2v) is 19.2. The van der Waals surface area contributed by atoms with Crippen molar-refractivity contribution >= 4 is 82.5 Å². The summed E-state index contributed by atoms with van der Waals surface area (Å²) in [5.74, 6) is 0.602. The summed E-state index contributed by atoms with van der Waals surface area (Å²) in [6.07, 6.45) is 3.86. The molecule has 71 heavy (non-hydrogen) atoms. The molecule has 0 saturated carbocycles. The zero-order valence-corrected chi connectivity index (χ0v) is 40.1. The molecule has 1 aliphatic rings. The Kier molecular flexibility index (Phi) is 10.4. The van der Waals surface area contributed by atoms with Gasteiger partial charge in [0.1, 0.15) is 17.0 Å². The molecular formula is C67H51N3O. The second kappa shape index (κ2) is 17.4. The van der Waals surface area contributed by atoms with Gasteiger partial charge in [0, 0.05) is 38.9 Å². The molecule has 4 heteroatoms. The van der Waals surface area contributed by atoms with Crippen LogP contribution in [0, 0.1) is 12.8 Å². The number of hydrogen-bond acceptors (Lipinski definition) is 3. The van der Waals surface area contributed by atoms with Gasteiger partial charge in [0.25, 0.3) is 0 Å². The lowest BCUT2D eigenvalue weighted by Gasteiger charge is -2.25. The molecule has 0 saturated heterocycles. The van der Waals surface area contributed by atoms with Crippen LogP contribution in [0.2, 0.25) is 0 Å². The number of aryl methyl sites for hydroxylation is 1. The molecule has 12 aromatic rings. The van der Waals surface area contributed by atoms with Crippen molar-refractivity contribution in [3.05, 3.63) is 241 Å². The average Bonchev–Trinajstić information content (AvgIpc) is 3.94. The van der Waals surface area contributed by atoms with Crippen molar-refractivity contribution in [2.75, 3.05) is 0 Å². The fourth-order valence-electron chi connectivity index (χ4n) is 11.3. The van der Waals surface area contributed by atoms with Crippen LogP contribution in [0.15, 0.2) is 233 Å². The molecule has 1 aliphatic heterocycles. The van der Waals surface area contributed by atoms with Crippen LogP contribution in [-0.2, 0) is 0 Å². The number of allylic oxidation sites excluding steroid dienone is 1. The Morgan fingerprint density at radius 3 is 1.86 bits per heavy atom. The Morgan fingerprint density at radius 1 is 0.535 bits per heavy atom. The van der Waals surface area contributed by atoms with Gasteiger partial charge in [0.15, 0.2) is 0 Å². The van der Waals surface area contributed by atoms with E-state index in [9.17, 15) is 0 Å². The zero-order chi connectivity index (χ0) is 47.6. The minimum atomic E-state index is -0.142. The molecule has 10 aromatic carbocycles. The van der Waals surface area contributed by atoms with Crippen molar-refractivity contribution < 1.29 is 4.42 Å². The first-order valence-corrected chi connectivity index (χ1v) is 25.0. The van der Waals surface area contributed by atoms with Gasteiger partial charge in [-0.2, -0.15) is 0 Å². The summed E-state index contributed by atoms with van der Waals surface area (Å²) in [7, 11) is 0. The van der Waals surface area contributed by atoms with Crippen molar-refractivity contribution in [3.63, 3.8) is 0 Å². The fraction of sp³-hybridized carbons (Fsp3) is 0.104. The molecule has 0 N–H and O–H groups in total. The van der Waals surface area contributed by atoms with Gasteiger partial charge in [-0.1, -0.05) is 184 Å². The first-order chi connectivity index (χ1) is 35.0. The quantitative estimate of drug-likeness (QED) is 0.150. The standard InChI is InChI=1S/C67H51N3O/c1-4-51(53-29-14-15-30-54(53)52-28-13-8-19-42(52)2)67-68-59(50-27-18-26-45(37-50)44-20-6-5-7-21-44)35-33-43(3)65(69-67)64-60(36-34-56-55-31-16-17-32-63(55)71-66(56)64)70-61-40-48-24-11-9-22-46(48)38-57(61)58-39-47-23-10-12-25-49(47)41-62(58)70/h5-32,34-41,43,51H,4,33H2,1-3H3/b59-35+,68-67?,69-65?.